The Labute approximate surface area is 183 Å². The highest BCUT2D eigenvalue weighted by atomic mass is 32.7. The maximum Gasteiger partial charge on any atom is 0.386 e. The van der Waals surface area contributed by atoms with Crippen LogP contribution in [0.1, 0.15) is 20.3 Å². The van der Waals surface area contributed by atoms with Crippen LogP contribution in [0.3, 0.4) is 0 Å². The van der Waals surface area contributed by atoms with Gasteiger partial charge in [0.1, 0.15) is 24.4 Å². The molecule has 0 aromatic heterocycles. The van der Waals surface area contributed by atoms with Crippen molar-refractivity contribution in [3.8, 4) is 6.07 Å². The van der Waals surface area contributed by atoms with E-state index in [9.17, 15) is 13.3 Å². The van der Waals surface area contributed by atoms with Crippen LogP contribution < -0.4 is 0 Å². The molecule has 172 valence electrons. The molecule has 3 fully saturated rings. The number of ether oxygens (including phenoxy) is 2. The van der Waals surface area contributed by atoms with E-state index >= 15 is 0 Å². The maximum atomic E-state index is 14.7. The van der Waals surface area contributed by atoms with Crippen molar-refractivity contribution in [1.29, 1.82) is 5.26 Å². The number of fused-ring (bicyclic) bond motifs is 2. The van der Waals surface area contributed by atoms with Gasteiger partial charge in [-0.1, -0.05) is 12.2 Å². The Morgan fingerprint density at radius 3 is 2.20 bits per heavy atom. The first-order chi connectivity index (χ1) is 14.1. The van der Waals surface area contributed by atoms with E-state index in [1.165, 1.54) is 13.8 Å². The first-order valence-corrected chi connectivity index (χ1v) is 14.5. The Morgan fingerprint density at radius 1 is 1.10 bits per heavy atom. The summed E-state index contributed by atoms with van der Waals surface area (Å²) in [4.78, 5) is 0. The fraction of sp³-hybridized carbons (Fsp3) is 0.933. The van der Waals surface area contributed by atoms with Crippen LogP contribution in [0, 0.1) is 11.3 Å². The van der Waals surface area contributed by atoms with Crippen molar-refractivity contribution in [3.05, 3.63) is 0 Å². The standard InChI is InChI=1S/C15H23F2NO8P2S2/c1-8-12(16)14-11(24-8)7-22-28(30,20-5-3-4-18)26-15-10(23-9(2)13(15)17)6-21-27(19,29)25-14/h8-15H,3,5-7H2,1-2H3,(H,19,29)/t8-,9-,10+,11+,12-,13-,14+,15+,27+,28-/m0/s1. The molecule has 0 unspecified atom stereocenters. The second-order valence-corrected chi connectivity index (χ2v) is 12.9. The Balaban J connectivity index is 1.87. The normalized spacial score (nSPS) is 50.0. The molecule has 0 N–H and O–H groups in total. The van der Waals surface area contributed by atoms with Crippen molar-refractivity contribution in [2.24, 2.45) is 0 Å². The second kappa shape index (κ2) is 10.1. The Morgan fingerprint density at radius 2 is 1.63 bits per heavy atom. The maximum absolute atomic E-state index is 14.7. The van der Waals surface area contributed by atoms with E-state index in [4.69, 9.17) is 49.2 Å². The largest absolute Gasteiger partial charge is 0.386 e. The number of rotatable bonds is 3. The Bertz CT molecular complexity index is 761. The summed E-state index contributed by atoms with van der Waals surface area (Å²) in [5, 5.41) is 8.75. The molecule has 0 aromatic rings. The van der Waals surface area contributed by atoms with Crippen LogP contribution in [0.2, 0.25) is 0 Å². The van der Waals surface area contributed by atoms with Gasteiger partial charge in [0.15, 0.2) is 12.3 Å². The minimum absolute atomic E-state index is 0.00631. The van der Waals surface area contributed by atoms with Crippen molar-refractivity contribution >= 4 is 37.6 Å². The van der Waals surface area contributed by atoms with Crippen molar-refractivity contribution in [2.75, 3.05) is 19.8 Å². The molecule has 10 atom stereocenters. The molecule has 3 aliphatic heterocycles. The number of halogens is 2. The molecule has 0 spiro atoms. The van der Waals surface area contributed by atoms with Gasteiger partial charge in [0.2, 0.25) is 0 Å². The van der Waals surface area contributed by atoms with Gasteiger partial charge in [-0.05, 0) is 25.7 Å². The molecule has 0 aliphatic carbocycles. The van der Waals surface area contributed by atoms with Gasteiger partial charge >= 0.3 is 13.5 Å². The van der Waals surface area contributed by atoms with E-state index in [1.54, 1.807) is 0 Å². The molecule has 0 amide bonds. The lowest BCUT2D eigenvalue weighted by molar-refractivity contribution is -0.0381. The number of nitrogens with zero attached hydrogens (tertiary/aromatic N) is 1. The lowest BCUT2D eigenvalue weighted by atomic mass is 10.1. The molecule has 3 saturated heterocycles. The molecule has 0 aromatic carbocycles. The molecule has 3 rings (SSSR count). The zero-order valence-electron chi connectivity index (χ0n) is 16.2. The first-order valence-electron chi connectivity index (χ1n) is 9.24. The smallest absolute Gasteiger partial charge is 0.367 e. The topological polar surface area (TPSA) is 105 Å². The van der Waals surface area contributed by atoms with E-state index in [1.807, 2.05) is 6.07 Å². The lowest BCUT2D eigenvalue weighted by Gasteiger charge is -2.31. The number of nitriles is 1. The fourth-order valence-corrected chi connectivity index (χ4v) is 6.87. The first kappa shape index (κ1) is 24.9. The third-order valence-corrected chi connectivity index (χ3v) is 8.78. The highest BCUT2D eigenvalue weighted by Gasteiger charge is 2.51. The van der Waals surface area contributed by atoms with Gasteiger partial charge in [0.25, 0.3) is 0 Å². The monoisotopic (exact) mass is 509 g/mol. The number of thiol groups is 1. The quantitative estimate of drug-likeness (QED) is 0.346. The van der Waals surface area contributed by atoms with Crippen LogP contribution in [0.5, 0.6) is 0 Å². The third-order valence-electron chi connectivity index (χ3n) is 4.80. The second-order valence-electron chi connectivity index (χ2n) is 7.04. The molecule has 30 heavy (non-hydrogen) atoms. The van der Waals surface area contributed by atoms with Crippen LogP contribution >= 0.6 is 25.8 Å². The molecular weight excluding hydrogens is 486 g/mol. The summed E-state index contributed by atoms with van der Waals surface area (Å²) < 4.78 is 80.3. The molecule has 0 radical (unpaired) electrons. The van der Waals surface area contributed by atoms with Gasteiger partial charge in [-0.25, -0.2) is 13.3 Å². The summed E-state index contributed by atoms with van der Waals surface area (Å²) in [6.45, 7) is -5.50. The van der Waals surface area contributed by atoms with Gasteiger partial charge < -0.3 is 18.5 Å². The number of hydrogen-bond donors (Lipinski definition) is 1. The third kappa shape index (κ3) is 5.80. The van der Waals surface area contributed by atoms with Crippen molar-refractivity contribution in [2.45, 2.75) is 69.2 Å². The predicted octanol–water partition coefficient (Wildman–Crippen LogP) is 3.25. The van der Waals surface area contributed by atoms with Gasteiger partial charge in [0, 0.05) is 0 Å². The van der Waals surface area contributed by atoms with Crippen molar-refractivity contribution in [1.82, 2.24) is 0 Å². The van der Waals surface area contributed by atoms with Gasteiger partial charge in [0.05, 0.1) is 44.5 Å². The summed E-state index contributed by atoms with van der Waals surface area (Å²) in [5.74, 6) is 0. The Hall–Kier alpha value is 0.300. The van der Waals surface area contributed by atoms with Gasteiger partial charge in [-0.2, -0.15) is 5.26 Å². The molecule has 0 saturated carbocycles. The van der Waals surface area contributed by atoms with Crippen LogP contribution in [0.15, 0.2) is 0 Å². The zero-order valence-corrected chi connectivity index (χ0v) is 19.7. The van der Waals surface area contributed by atoms with E-state index in [0.717, 1.165) is 0 Å². The lowest BCUT2D eigenvalue weighted by Crippen LogP contribution is -2.37. The number of hydrogen-bond acceptors (Lipinski definition) is 10. The van der Waals surface area contributed by atoms with Crippen molar-refractivity contribution in [3.63, 3.8) is 0 Å². The Kier molecular flexibility index (Phi) is 8.36. The molecule has 0 bridgehead atoms. The number of alkyl halides is 2. The SMILES string of the molecule is C[C@@H]1O[C@@H]2CO[P@@](=S)(OCCC#N)O[C@H]3[C@@H](F)[C@H](C)O[C@@H]3CO[P@@](=O)(S)O[C@H]2[C@H]1F. The predicted molar refractivity (Wildman–Crippen MR) is 107 cm³/mol. The summed E-state index contributed by atoms with van der Waals surface area (Å²) in [6.07, 6.45) is -9.54. The molecule has 9 nitrogen and oxygen atoms in total. The zero-order chi connectivity index (χ0) is 22.1. The van der Waals surface area contributed by atoms with E-state index in [-0.39, 0.29) is 19.6 Å². The van der Waals surface area contributed by atoms with E-state index < -0.39 is 69.1 Å². The van der Waals surface area contributed by atoms with Crippen molar-refractivity contribution < 1.29 is 45.4 Å². The molecule has 15 heteroatoms. The average molecular weight is 509 g/mol. The van der Waals surface area contributed by atoms with E-state index in [0.29, 0.717) is 0 Å². The van der Waals surface area contributed by atoms with Gasteiger partial charge in [-0.15, -0.1) is 0 Å². The summed E-state index contributed by atoms with van der Waals surface area (Å²) in [6, 6.07) is 1.90. The van der Waals surface area contributed by atoms with Crippen LogP contribution in [0.25, 0.3) is 0 Å². The highest BCUT2D eigenvalue weighted by molar-refractivity contribution is 8.44. The van der Waals surface area contributed by atoms with Crippen LogP contribution in [-0.4, -0.2) is 68.8 Å². The molecule has 3 aliphatic rings. The van der Waals surface area contributed by atoms with Crippen LogP contribution in [0.4, 0.5) is 8.78 Å². The minimum Gasteiger partial charge on any atom is -0.367 e. The molecule has 3 heterocycles. The van der Waals surface area contributed by atoms with E-state index in [2.05, 4.69) is 12.2 Å². The average Bonchev–Trinajstić information content (AvgIpc) is 3.09. The molecular formula is C15H23F2NO8P2S2. The summed E-state index contributed by atoms with van der Waals surface area (Å²) in [7, 11) is 0. The fourth-order valence-electron chi connectivity index (χ4n) is 3.29. The summed E-state index contributed by atoms with van der Waals surface area (Å²) >= 11 is 9.27. The highest BCUT2D eigenvalue weighted by Crippen LogP contribution is 2.58. The van der Waals surface area contributed by atoms with Crippen LogP contribution in [-0.2, 0) is 48.5 Å². The minimum atomic E-state index is -4.04. The van der Waals surface area contributed by atoms with Gasteiger partial charge in [-0.3, -0.25) is 13.6 Å². The summed E-state index contributed by atoms with van der Waals surface area (Å²) in [5.41, 5.74) is 0.